The first-order valence-corrected chi connectivity index (χ1v) is 11.7. The molecule has 33 heavy (non-hydrogen) atoms. The summed E-state index contributed by atoms with van der Waals surface area (Å²) in [6, 6.07) is 9.59. The molecule has 0 bridgehead atoms. The van der Waals surface area contributed by atoms with Gasteiger partial charge in [0.1, 0.15) is 0 Å². The van der Waals surface area contributed by atoms with Crippen LogP contribution in [-0.4, -0.2) is 29.2 Å². The molecular formula is C23H25ClN6O3. The van der Waals surface area contributed by atoms with Crippen LogP contribution in [0.1, 0.15) is 44.3 Å². The monoisotopic (exact) mass is 468 g/mol. The molecule has 1 saturated carbocycles. The van der Waals surface area contributed by atoms with Crippen molar-refractivity contribution in [3.8, 4) is 11.5 Å². The normalized spacial score (nSPS) is 13.7. The Bertz CT molecular complexity index is 1370. The van der Waals surface area contributed by atoms with E-state index in [1.807, 2.05) is 30.3 Å². The summed E-state index contributed by atoms with van der Waals surface area (Å²) in [7, 11) is 0. The van der Waals surface area contributed by atoms with Crippen molar-refractivity contribution in [1.29, 1.82) is 0 Å². The summed E-state index contributed by atoms with van der Waals surface area (Å²) in [6.45, 7) is 0.828. The molecule has 3 heterocycles. The lowest BCUT2D eigenvalue weighted by Gasteiger charge is -2.11. The number of aromatic nitrogens is 6. The van der Waals surface area contributed by atoms with E-state index >= 15 is 0 Å². The first kappa shape index (κ1) is 21.6. The predicted octanol–water partition coefficient (Wildman–Crippen LogP) is 3.80. The molecule has 1 N–H and O–H groups in total. The summed E-state index contributed by atoms with van der Waals surface area (Å²) in [5.74, 6) is 1.87. The van der Waals surface area contributed by atoms with Gasteiger partial charge >= 0.3 is 5.69 Å². The Balaban J connectivity index is 1.27. The fraction of sp³-hybridized carbons (Fsp3) is 0.435. The van der Waals surface area contributed by atoms with Crippen LogP contribution in [0.3, 0.4) is 0 Å². The van der Waals surface area contributed by atoms with Crippen LogP contribution < -0.4 is 11.2 Å². The third kappa shape index (κ3) is 4.78. The number of aryl methyl sites for hydroxylation is 2. The third-order valence-electron chi connectivity index (χ3n) is 6.04. The average Bonchev–Trinajstić information content (AvgIpc) is 3.37. The zero-order valence-electron chi connectivity index (χ0n) is 18.2. The number of imidazole rings is 1. The molecule has 9 nitrogen and oxygen atoms in total. The number of halogens is 1. The molecule has 0 saturated heterocycles. The Hall–Kier alpha value is -3.20. The van der Waals surface area contributed by atoms with E-state index in [0.717, 1.165) is 24.3 Å². The molecule has 3 aromatic heterocycles. The summed E-state index contributed by atoms with van der Waals surface area (Å²) >= 11 is 6.01. The second-order valence-corrected chi connectivity index (χ2v) is 8.90. The molecule has 1 aliphatic carbocycles. The van der Waals surface area contributed by atoms with Crippen LogP contribution in [0.25, 0.3) is 22.6 Å². The third-order valence-corrected chi connectivity index (χ3v) is 6.22. The standard InChI is InChI=1S/C23H25ClN6O3/c24-22-26-18-19(27-22)29(14-6-7-15-11-12-15)23(32)30(21(18)31)13-5-4-10-17-25-20(33-28-17)16-8-2-1-3-9-16/h1-3,8-9,15H,4-7,10-14H2,(H,26,27). The fourth-order valence-electron chi connectivity index (χ4n) is 4.09. The molecule has 1 aliphatic rings. The molecule has 0 aliphatic heterocycles. The maximum Gasteiger partial charge on any atom is 0.332 e. The maximum absolute atomic E-state index is 13.1. The number of nitrogens with zero attached hydrogens (tertiary/aromatic N) is 5. The minimum Gasteiger partial charge on any atom is -0.334 e. The van der Waals surface area contributed by atoms with Crippen LogP contribution in [0, 0.1) is 5.92 Å². The van der Waals surface area contributed by atoms with Gasteiger partial charge in [0, 0.05) is 25.1 Å². The quantitative estimate of drug-likeness (QED) is 0.280. The second-order valence-electron chi connectivity index (χ2n) is 8.54. The van der Waals surface area contributed by atoms with E-state index in [2.05, 4.69) is 20.1 Å². The Morgan fingerprint density at radius 1 is 1.03 bits per heavy atom. The second kappa shape index (κ2) is 9.35. The topological polar surface area (TPSA) is 112 Å². The van der Waals surface area contributed by atoms with Crippen molar-refractivity contribution >= 4 is 22.8 Å². The van der Waals surface area contributed by atoms with Crippen LogP contribution in [0.4, 0.5) is 0 Å². The first-order valence-electron chi connectivity index (χ1n) is 11.4. The number of aromatic amines is 1. The van der Waals surface area contributed by atoms with Gasteiger partial charge in [-0.2, -0.15) is 9.97 Å². The van der Waals surface area contributed by atoms with E-state index in [1.54, 1.807) is 4.57 Å². The summed E-state index contributed by atoms with van der Waals surface area (Å²) in [5.41, 5.74) is 0.756. The Morgan fingerprint density at radius 2 is 1.82 bits per heavy atom. The van der Waals surface area contributed by atoms with Crippen LogP contribution in [0.15, 0.2) is 44.4 Å². The lowest BCUT2D eigenvalue weighted by Crippen LogP contribution is -2.40. The number of unbranched alkanes of at least 4 members (excludes halogenated alkanes) is 1. The Morgan fingerprint density at radius 3 is 2.61 bits per heavy atom. The summed E-state index contributed by atoms with van der Waals surface area (Å²) in [4.78, 5) is 37.5. The number of hydrogen-bond donors (Lipinski definition) is 1. The van der Waals surface area contributed by atoms with Crippen LogP contribution in [-0.2, 0) is 19.5 Å². The highest BCUT2D eigenvalue weighted by Gasteiger charge is 2.21. The fourth-order valence-corrected chi connectivity index (χ4v) is 4.26. The lowest BCUT2D eigenvalue weighted by molar-refractivity contribution is 0.420. The SMILES string of the molecule is O=c1c2[nH]c(Cl)nc2n(CCCC2CC2)c(=O)n1CCCCc1noc(-c2ccccc2)n1. The van der Waals surface area contributed by atoms with Crippen molar-refractivity contribution in [2.24, 2.45) is 5.92 Å². The van der Waals surface area contributed by atoms with Gasteiger partial charge in [-0.15, -0.1) is 0 Å². The number of fused-ring (bicyclic) bond motifs is 1. The van der Waals surface area contributed by atoms with Gasteiger partial charge in [0.15, 0.2) is 17.0 Å². The highest BCUT2D eigenvalue weighted by molar-refractivity contribution is 6.28. The molecule has 10 heteroatoms. The van der Waals surface area contributed by atoms with Crippen LogP contribution >= 0.6 is 11.6 Å². The van der Waals surface area contributed by atoms with Crippen molar-refractivity contribution in [2.45, 2.75) is 58.0 Å². The number of hydrogen-bond acceptors (Lipinski definition) is 6. The molecule has 0 radical (unpaired) electrons. The van der Waals surface area contributed by atoms with E-state index in [4.69, 9.17) is 16.1 Å². The van der Waals surface area contributed by atoms with Crippen molar-refractivity contribution < 1.29 is 4.52 Å². The Kier molecular flexibility index (Phi) is 6.13. The molecule has 0 unspecified atom stereocenters. The largest absolute Gasteiger partial charge is 0.334 e. The first-order chi connectivity index (χ1) is 16.1. The molecule has 0 spiro atoms. The Labute approximate surface area is 194 Å². The molecule has 0 atom stereocenters. The zero-order chi connectivity index (χ0) is 22.8. The number of H-pyrrole nitrogens is 1. The van der Waals surface area contributed by atoms with E-state index in [-0.39, 0.29) is 16.5 Å². The maximum atomic E-state index is 13.1. The number of benzene rings is 1. The van der Waals surface area contributed by atoms with Gasteiger partial charge in [-0.05, 0) is 55.3 Å². The van der Waals surface area contributed by atoms with E-state index in [0.29, 0.717) is 49.7 Å². The minimum absolute atomic E-state index is 0.113. The molecular weight excluding hydrogens is 444 g/mol. The van der Waals surface area contributed by atoms with Crippen LogP contribution in [0.5, 0.6) is 0 Å². The van der Waals surface area contributed by atoms with Gasteiger partial charge in [0.2, 0.25) is 5.28 Å². The van der Waals surface area contributed by atoms with Gasteiger partial charge in [-0.3, -0.25) is 13.9 Å². The molecule has 1 fully saturated rings. The van der Waals surface area contributed by atoms with Crippen molar-refractivity contribution in [3.63, 3.8) is 0 Å². The van der Waals surface area contributed by atoms with Crippen molar-refractivity contribution in [3.05, 3.63) is 62.3 Å². The van der Waals surface area contributed by atoms with Gasteiger partial charge in [-0.1, -0.05) is 36.2 Å². The average molecular weight is 469 g/mol. The van der Waals surface area contributed by atoms with Gasteiger partial charge in [0.05, 0.1) is 0 Å². The highest BCUT2D eigenvalue weighted by Crippen LogP contribution is 2.33. The number of rotatable bonds is 10. The molecule has 0 amide bonds. The summed E-state index contributed by atoms with van der Waals surface area (Å²) < 4.78 is 8.19. The van der Waals surface area contributed by atoms with Gasteiger partial charge in [-0.25, -0.2) is 4.79 Å². The molecule has 5 rings (SSSR count). The summed E-state index contributed by atoms with van der Waals surface area (Å²) in [5, 5.41) is 4.15. The molecule has 172 valence electrons. The van der Waals surface area contributed by atoms with Gasteiger partial charge in [0.25, 0.3) is 11.4 Å². The number of nitrogens with one attached hydrogen (secondary N) is 1. The summed E-state index contributed by atoms with van der Waals surface area (Å²) in [6.07, 6.45) is 6.43. The van der Waals surface area contributed by atoms with E-state index in [9.17, 15) is 9.59 Å². The highest BCUT2D eigenvalue weighted by atomic mass is 35.5. The minimum atomic E-state index is -0.390. The van der Waals surface area contributed by atoms with Crippen molar-refractivity contribution in [1.82, 2.24) is 29.2 Å². The van der Waals surface area contributed by atoms with Gasteiger partial charge < -0.3 is 9.51 Å². The van der Waals surface area contributed by atoms with E-state index in [1.165, 1.54) is 17.4 Å². The van der Waals surface area contributed by atoms with E-state index < -0.39 is 5.56 Å². The molecule has 1 aromatic carbocycles. The zero-order valence-corrected chi connectivity index (χ0v) is 18.9. The van der Waals surface area contributed by atoms with Crippen molar-refractivity contribution in [2.75, 3.05) is 0 Å². The molecule has 4 aromatic rings. The van der Waals surface area contributed by atoms with Crippen LogP contribution in [0.2, 0.25) is 5.28 Å². The lowest BCUT2D eigenvalue weighted by atomic mass is 10.2. The predicted molar refractivity (Wildman–Crippen MR) is 124 cm³/mol. The smallest absolute Gasteiger partial charge is 0.332 e.